The highest BCUT2D eigenvalue weighted by Crippen LogP contribution is 2.29. The van der Waals surface area contributed by atoms with Gasteiger partial charge in [-0.05, 0) is 18.2 Å². The van der Waals surface area contributed by atoms with Crippen LogP contribution in [0.5, 0.6) is 0 Å². The van der Waals surface area contributed by atoms with E-state index in [1.807, 2.05) is 6.07 Å². The maximum atomic E-state index is 11.0. The van der Waals surface area contributed by atoms with Gasteiger partial charge in [0, 0.05) is 18.0 Å². The molecule has 2 rings (SSSR count). The molecule has 0 aliphatic rings. The lowest BCUT2D eigenvalue weighted by atomic mass is 10.3. The average Bonchev–Trinajstić information content (AvgIpc) is 2.74. The topological polar surface area (TPSA) is 59.3 Å². The number of hydrogen-bond acceptors (Lipinski definition) is 5. The fourth-order valence-electron chi connectivity index (χ4n) is 1.59. The number of nitro groups is 1. The van der Waals surface area contributed by atoms with Crippen molar-refractivity contribution in [2.75, 3.05) is 11.9 Å². The molecule has 100 valence electrons. The number of pyridine rings is 1. The lowest BCUT2D eigenvalue weighted by Crippen LogP contribution is -2.18. The zero-order valence-electron chi connectivity index (χ0n) is 9.84. The van der Waals surface area contributed by atoms with Crippen LogP contribution in [0.25, 0.3) is 0 Å². The second-order valence-corrected chi connectivity index (χ2v) is 5.98. The molecule has 0 saturated carbocycles. The predicted molar refractivity (Wildman–Crippen MR) is 77.3 cm³/mol. The first kappa shape index (κ1) is 14.0. The molecule has 2 aromatic heterocycles. The Kier molecular flexibility index (Phi) is 4.24. The lowest BCUT2D eigenvalue weighted by molar-refractivity contribution is -0.384. The summed E-state index contributed by atoms with van der Waals surface area (Å²) in [4.78, 5) is 17.2. The van der Waals surface area contributed by atoms with E-state index in [-0.39, 0.29) is 16.7 Å². The van der Waals surface area contributed by atoms with Gasteiger partial charge in [0.15, 0.2) is 0 Å². The van der Waals surface area contributed by atoms with Crippen LogP contribution in [0.15, 0.2) is 24.3 Å². The van der Waals surface area contributed by atoms with Gasteiger partial charge in [-0.3, -0.25) is 10.1 Å². The third-order valence-corrected chi connectivity index (χ3v) is 3.83. The van der Waals surface area contributed by atoms with Crippen LogP contribution >= 0.6 is 34.5 Å². The van der Waals surface area contributed by atoms with Gasteiger partial charge in [0.1, 0.15) is 5.15 Å². The third-order valence-electron chi connectivity index (χ3n) is 2.40. The Balaban J connectivity index is 2.29. The van der Waals surface area contributed by atoms with E-state index in [1.165, 1.54) is 23.5 Å². The van der Waals surface area contributed by atoms with Crippen molar-refractivity contribution >= 4 is 46.0 Å². The summed E-state index contributed by atoms with van der Waals surface area (Å²) in [5, 5.41) is 11.2. The Labute approximate surface area is 123 Å². The normalized spacial score (nSPS) is 10.5. The van der Waals surface area contributed by atoms with Crippen molar-refractivity contribution in [2.24, 2.45) is 0 Å². The van der Waals surface area contributed by atoms with Crippen molar-refractivity contribution in [3.8, 4) is 0 Å². The second-order valence-electron chi connectivity index (χ2n) is 3.80. The molecule has 0 saturated heterocycles. The van der Waals surface area contributed by atoms with Crippen molar-refractivity contribution in [1.82, 2.24) is 4.98 Å². The first-order valence-electron chi connectivity index (χ1n) is 5.23. The number of anilines is 1. The minimum Gasteiger partial charge on any atom is -0.349 e. The highest BCUT2D eigenvalue weighted by molar-refractivity contribution is 7.16. The van der Waals surface area contributed by atoms with E-state index in [9.17, 15) is 10.1 Å². The van der Waals surface area contributed by atoms with Crippen LogP contribution in [-0.2, 0) is 6.54 Å². The first-order chi connectivity index (χ1) is 8.97. The Morgan fingerprint density at radius 3 is 2.68 bits per heavy atom. The number of aromatic nitrogens is 1. The molecule has 8 heteroatoms. The Morgan fingerprint density at radius 1 is 1.37 bits per heavy atom. The molecule has 0 N–H and O–H groups in total. The van der Waals surface area contributed by atoms with E-state index in [0.717, 1.165) is 4.88 Å². The summed E-state index contributed by atoms with van der Waals surface area (Å²) in [6.45, 7) is 0.478. The number of rotatable bonds is 4. The molecular formula is C11H9Cl2N3O2S. The number of nitrogens with zero attached hydrogens (tertiary/aromatic N) is 3. The van der Waals surface area contributed by atoms with Crippen LogP contribution in [-0.4, -0.2) is 17.0 Å². The molecule has 0 amide bonds. The number of thiophene rings is 1. The van der Waals surface area contributed by atoms with Crippen LogP contribution < -0.4 is 4.90 Å². The molecule has 0 unspecified atom stereocenters. The van der Waals surface area contributed by atoms with Crippen molar-refractivity contribution in [2.45, 2.75) is 6.54 Å². The van der Waals surface area contributed by atoms with Gasteiger partial charge in [-0.2, -0.15) is 0 Å². The molecule has 19 heavy (non-hydrogen) atoms. The van der Waals surface area contributed by atoms with Crippen LogP contribution in [0.3, 0.4) is 0 Å². The van der Waals surface area contributed by atoms with E-state index in [4.69, 9.17) is 23.2 Å². The second kappa shape index (κ2) is 5.73. The van der Waals surface area contributed by atoms with Gasteiger partial charge in [0.05, 0.1) is 15.8 Å². The van der Waals surface area contributed by atoms with Crippen molar-refractivity contribution in [1.29, 1.82) is 0 Å². The summed E-state index contributed by atoms with van der Waals surface area (Å²) in [6.07, 6.45) is 0. The van der Waals surface area contributed by atoms with Gasteiger partial charge >= 0.3 is 5.69 Å². The highest BCUT2D eigenvalue weighted by Gasteiger charge is 2.19. The van der Waals surface area contributed by atoms with Gasteiger partial charge in [-0.1, -0.05) is 23.2 Å². The molecular weight excluding hydrogens is 309 g/mol. The zero-order valence-corrected chi connectivity index (χ0v) is 12.2. The first-order valence-corrected chi connectivity index (χ1v) is 6.81. The summed E-state index contributed by atoms with van der Waals surface area (Å²) in [7, 11) is 1.72. The minimum atomic E-state index is -0.476. The van der Waals surface area contributed by atoms with E-state index in [1.54, 1.807) is 18.0 Å². The molecule has 0 atom stereocenters. The molecule has 0 aliphatic carbocycles. The fourth-order valence-corrected chi connectivity index (χ4v) is 2.87. The molecule has 2 heterocycles. The molecule has 0 bridgehead atoms. The average molecular weight is 318 g/mol. The molecule has 0 spiro atoms. The van der Waals surface area contributed by atoms with Gasteiger partial charge in [0.25, 0.3) is 0 Å². The largest absolute Gasteiger partial charge is 0.349 e. The lowest BCUT2D eigenvalue weighted by Gasteiger charge is -2.17. The summed E-state index contributed by atoms with van der Waals surface area (Å²) in [5.74, 6) is 0.238. The van der Waals surface area contributed by atoms with Crippen LogP contribution in [0.1, 0.15) is 4.88 Å². The third kappa shape index (κ3) is 3.34. The Bertz CT molecular complexity index is 618. The van der Waals surface area contributed by atoms with Crippen LogP contribution in [0.4, 0.5) is 11.5 Å². The van der Waals surface area contributed by atoms with Crippen molar-refractivity contribution in [3.63, 3.8) is 0 Å². The van der Waals surface area contributed by atoms with E-state index in [0.29, 0.717) is 10.9 Å². The van der Waals surface area contributed by atoms with Crippen molar-refractivity contribution in [3.05, 3.63) is 48.7 Å². The smallest absolute Gasteiger partial charge is 0.311 e. The SMILES string of the molecule is CN(Cc1ccc(Cl)s1)c1nc(Cl)ccc1[N+](=O)[O-]. The number of hydrogen-bond donors (Lipinski definition) is 0. The summed E-state index contributed by atoms with van der Waals surface area (Å²) < 4.78 is 0.678. The predicted octanol–water partition coefficient (Wildman–Crippen LogP) is 3.99. The quantitative estimate of drug-likeness (QED) is 0.486. The highest BCUT2D eigenvalue weighted by atomic mass is 35.5. The van der Waals surface area contributed by atoms with Crippen molar-refractivity contribution < 1.29 is 4.92 Å². The van der Waals surface area contributed by atoms with Gasteiger partial charge < -0.3 is 4.90 Å². The maximum absolute atomic E-state index is 11.0. The number of halogens is 2. The zero-order chi connectivity index (χ0) is 14.0. The molecule has 0 aliphatic heterocycles. The monoisotopic (exact) mass is 317 g/mol. The van der Waals surface area contributed by atoms with E-state index in [2.05, 4.69) is 4.98 Å². The van der Waals surface area contributed by atoms with E-state index >= 15 is 0 Å². The minimum absolute atomic E-state index is 0.0745. The summed E-state index contributed by atoms with van der Waals surface area (Å²) in [5.41, 5.74) is -0.0745. The molecule has 2 aromatic rings. The molecule has 0 fully saturated rings. The van der Waals surface area contributed by atoms with Gasteiger partial charge in [-0.25, -0.2) is 4.98 Å². The summed E-state index contributed by atoms with van der Waals surface area (Å²) in [6, 6.07) is 6.41. The maximum Gasteiger partial charge on any atom is 0.311 e. The molecule has 5 nitrogen and oxygen atoms in total. The Hall–Kier alpha value is -1.37. The standard InChI is InChI=1S/C11H9Cl2N3O2S/c1-15(6-7-2-5-10(13)19-7)11-8(16(17)18)3-4-9(12)14-11/h2-5H,6H2,1H3. The van der Waals surface area contributed by atoms with Gasteiger partial charge in [-0.15, -0.1) is 11.3 Å². The van der Waals surface area contributed by atoms with Crippen LogP contribution in [0.2, 0.25) is 9.49 Å². The molecule has 0 radical (unpaired) electrons. The molecule has 0 aromatic carbocycles. The van der Waals surface area contributed by atoms with Crippen LogP contribution in [0, 0.1) is 10.1 Å². The summed E-state index contributed by atoms with van der Waals surface area (Å²) >= 11 is 13.1. The fraction of sp³-hybridized carbons (Fsp3) is 0.182. The van der Waals surface area contributed by atoms with E-state index < -0.39 is 4.92 Å². The van der Waals surface area contributed by atoms with Gasteiger partial charge in [0.2, 0.25) is 5.82 Å². The Morgan fingerprint density at radius 2 is 2.11 bits per heavy atom.